The Hall–Kier alpha value is -1.42. The summed E-state index contributed by atoms with van der Waals surface area (Å²) in [5.74, 6) is 0. The van der Waals surface area contributed by atoms with E-state index in [1.165, 1.54) is 6.07 Å². The molecule has 1 atom stereocenters. The van der Waals surface area contributed by atoms with Gasteiger partial charge in [0.25, 0.3) is 0 Å². The van der Waals surface area contributed by atoms with Crippen LogP contribution in [0.2, 0.25) is 0 Å². The molecular weight excluding hydrogens is 262 g/mol. The van der Waals surface area contributed by atoms with Gasteiger partial charge in [0, 0.05) is 19.1 Å². The van der Waals surface area contributed by atoms with Gasteiger partial charge in [0.15, 0.2) is 0 Å². The first-order valence-electron chi connectivity index (χ1n) is 6.26. The van der Waals surface area contributed by atoms with Crippen molar-refractivity contribution in [1.82, 2.24) is 9.62 Å². The standard InChI is InChI=1S/C13H17N3O2S/c1-15-10-12-5-3-7-16(12)19(17,18)13-6-2-4-11(8-13)9-14/h2,4,6,8,12,15H,3,5,7,10H2,1H3/t12-/m0/s1. The van der Waals surface area contributed by atoms with Crippen molar-refractivity contribution in [2.75, 3.05) is 20.1 Å². The van der Waals surface area contributed by atoms with Crippen molar-refractivity contribution in [1.29, 1.82) is 5.26 Å². The molecule has 1 aromatic rings. The largest absolute Gasteiger partial charge is 0.318 e. The van der Waals surface area contributed by atoms with Crippen LogP contribution in [0.15, 0.2) is 29.2 Å². The summed E-state index contributed by atoms with van der Waals surface area (Å²) >= 11 is 0. The van der Waals surface area contributed by atoms with Crippen LogP contribution in [0, 0.1) is 11.3 Å². The Kier molecular flexibility index (Phi) is 4.20. The maximum Gasteiger partial charge on any atom is 0.243 e. The number of likely N-dealkylation sites (N-methyl/N-ethyl adjacent to an activating group) is 1. The first-order chi connectivity index (χ1) is 9.09. The molecule has 1 aliphatic rings. The third-order valence-electron chi connectivity index (χ3n) is 3.33. The minimum Gasteiger partial charge on any atom is -0.318 e. The lowest BCUT2D eigenvalue weighted by Gasteiger charge is -2.23. The Morgan fingerprint density at radius 1 is 1.53 bits per heavy atom. The normalized spacial score (nSPS) is 20.3. The summed E-state index contributed by atoms with van der Waals surface area (Å²) < 4.78 is 26.7. The lowest BCUT2D eigenvalue weighted by atomic mass is 10.2. The van der Waals surface area contributed by atoms with Gasteiger partial charge in [0.1, 0.15) is 0 Å². The van der Waals surface area contributed by atoms with Crippen LogP contribution in [0.25, 0.3) is 0 Å². The molecular formula is C13H17N3O2S. The molecule has 0 spiro atoms. The number of nitrogens with zero attached hydrogens (tertiary/aromatic N) is 2. The maximum atomic E-state index is 12.6. The number of nitriles is 1. The zero-order chi connectivity index (χ0) is 13.9. The highest BCUT2D eigenvalue weighted by Crippen LogP contribution is 2.26. The zero-order valence-electron chi connectivity index (χ0n) is 10.8. The Morgan fingerprint density at radius 3 is 3.00 bits per heavy atom. The summed E-state index contributed by atoms with van der Waals surface area (Å²) in [4.78, 5) is 0.203. The highest BCUT2D eigenvalue weighted by atomic mass is 32.2. The Labute approximate surface area is 113 Å². The van der Waals surface area contributed by atoms with Crippen molar-refractivity contribution >= 4 is 10.0 Å². The fourth-order valence-electron chi connectivity index (χ4n) is 2.43. The highest BCUT2D eigenvalue weighted by Gasteiger charge is 2.34. The van der Waals surface area contributed by atoms with Gasteiger partial charge in [-0.15, -0.1) is 0 Å². The number of benzene rings is 1. The van der Waals surface area contributed by atoms with Gasteiger partial charge >= 0.3 is 0 Å². The summed E-state index contributed by atoms with van der Waals surface area (Å²) in [5, 5.41) is 11.9. The third-order valence-corrected chi connectivity index (χ3v) is 5.28. The molecule has 0 aliphatic carbocycles. The van der Waals surface area contributed by atoms with E-state index in [1.54, 1.807) is 22.5 Å². The van der Waals surface area contributed by atoms with E-state index in [0.29, 0.717) is 18.7 Å². The molecule has 0 amide bonds. The van der Waals surface area contributed by atoms with Crippen molar-refractivity contribution in [2.45, 2.75) is 23.8 Å². The fraction of sp³-hybridized carbons (Fsp3) is 0.462. The molecule has 5 nitrogen and oxygen atoms in total. The van der Waals surface area contributed by atoms with Crippen molar-refractivity contribution in [3.63, 3.8) is 0 Å². The summed E-state index contributed by atoms with van der Waals surface area (Å²) in [6.45, 7) is 1.20. The second-order valence-corrected chi connectivity index (χ2v) is 6.50. The molecule has 0 bridgehead atoms. The molecule has 2 rings (SSSR count). The minimum absolute atomic E-state index is 0.000687. The van der Waals surface area contributed by atoms with Crippen molar-refractivity contribution in [3.05, 3.63) is 29.8 Å². The summed E-state index contributed by atoms with van der Waals surface area (Å²) in [6, 6.07) is 8.16. The van der Waals surface area contributed by atoms with Crippen LogP contribution in [0.4, 0.5) is 0 Å². The van der Waals surface area contributed by atoms with Crippen molar-refractivity contribution in [2.24, 2.45) is 0 Å². The molecule has 0 aromatic heterocycles. The van der Waals surface area contributed by atoms with Gasteiger partial charge in [-0.1, -0.05) is 6.07 Å². The SMILES string of the molecule is CNC[C@@H]1CCCN1S(=O)(=O)c1cccc(C#N)c1. The second-order valence-electron chi connectivity index (χ2n) is 4.61. The summed E-state index contributed by atoms with van der Waals surface area (Å²) in [6.07, 6.45) is 1.75. The predicted molar refractivity (Wildman–Crippen MR) is 72.0 cm³/mol. The second kappa shape index (κ2) is 5.70. The van der Waals surface area contributed by atoms with Crippen LogP contribution in [0.3, 0.4) is 0 Å². The molecule has 0 radical (unpaired) electrons. The van der Waals surface area contributed by atoms with E-state index in [1.807, 2.05) is 13.1 Å². The summed E-state index contributed by atoms with van der Waals surface area (Å²) in [7, 11) is -1.68. The molecule has 1 fully saturated rings. The molecule has 1 N–H and O–H groups in total. The predicted octanol–water partition coefficient (Wildman–Crippen LogP) is 0.931. The first kappa shape index (κ1) is 14.0. The monoisotopic (exact) mass is 279 g/mol. The van der Waals surface area contributed by atoms with Crippen LogP contribution >= 0.6 is 0 Å². The smallest absolute Gasteiger partial charge is 0.243 e. The van der Waals surface area contributed by atoms with E-state index in [2.05, 4.69) is 5.32 Å². The lowest BCUT2D eigenvalue weighted by Crippen LogP contribution is -2.40. The highest BCUT2D eigenvalue weighted by molar-refractivity contribution is 7.89. The van der Waals surface area contributed by atoms with Crippen LogP contribution in [-0.2, 0) is 10.0 Å². The average Bonchev–Trinajstić information content (AvgIpc) is 2.88. The van der Waals surface area contributed by atoms with Crippen molar-refractivity contribution < 1.29 is 8.42 Å². The molecule has 0 unspecified atom stereocenters. The van der Waals surface area contributed by atoms with E-state index in [9.17, 15) is 8.42 Å². The van der Waals surface area contributed by atoms with E-state index in [4.69, 9.17) is 5.26 Å². The molecule has 1 heterocycles. The van der Waals surface area contributed by atoms with Gasteiger partial charge in [-0.05, 0) is 38.1 Å². The van der Waals surface area contributed by atoms with E-state index < -0.39 is 10.0 Å². The Bertz CT molecular complexity index is 592. The molecule has 0 saturated carbocycles. The molecule has 1 saturated heterocycles. The maximum absolute atomic E-state index is 12.6. The molecule has 102 valence electrons. The van der Waals surface area contributed by atoms with E-state index in [0.717, 1.165) is 12.8 Å². The minimum atomic E-state index is -3.50. The summed E-state index contributed by atoms with van der Waals surface area (Å²) in [5.41, 5.74) is 0.366. The van der Waals surface area contributed by atoms with Gasteiger partial charge in [-0.2, -0.15) is 9.57 Å². The number of hydrogen-bond acceptors (Lipinski definition) is 4. The van der Waals surface area contributed by atoms with Crippen LogP contribution in [-0.4, -0.2) is 38.9 Å². The van der Waals surface area contributed by atoms with Crippen molar-refractivity contribution in [3.8, 4) is 6.07 Å². The van der Waals surface area contributed by atoms with Gasteiger partial charge in [0.05, 0.1) is 16.5 Å². The average molecular weight is 279 g/mol. The van der Waals surface area contributed by atoms with Gasteiger partial charge < -0.3 is 5.32 Å². The number of hydrogen-bond donors (Lipinski definition) is 1. The fourth-order valence-corrected chi connectivity index (χ4v) is 4.17. The van der Waals surface area contributed by atoms with Crippen LogP contribution in [0.1, 0.15) is 18.4 Å². The van der Waals surface area contributed by atoms with Crippen LogP contribution < -0.4 is 5.32 Å². The first-order valence-corrected chi connectivity index (χ1v) is 7.70. The number of nitrogens with one attached hydrogen (secondary N) is 1. The van der Waals surface area contributed by atoms with E-state index in [-0.39, 0.29) is 10.9 Å². The number of sulfonamides is 1. The topological polar surface area (TPSA) is 73.2 Å². The Morgan fingerprint density at radius 2 is 2.32 bits per heavy atom. The van der Waals surface area contributed by atoms with Gasteiger partial charge in [0.2, 0.25) is 10.0 Å². The third kappa shape index (κ3) is 2.78. The zero-order valence-corrected chi connectivity index (χ0v) is 11.7. The lowest BCUT2D eigenvalue weighted by molar-refractivity contribution is 0.379. The van der Waals surface area contributed by atoms with Crippen LogP contribution in [0.5, 0.6) is 0 Å². The number of rotatable bonds is 4. The Balaban J connectivity index is 2.34. The quantitative estimate of drug-likeness (QED) is 0.890. The van der Waals surface area contributed by atoms with E-state index >= 15 is 0 Å². The van der Waals surface area contributed by atoms with Gasteiger partial charge in [-0.3, -0.25) is 0 Å². The molecule has 1 aromatic carbocycles. The van der Waals surface area contributed by atoms with Gasteiger partial charge in [-0.25, -0.2) is 8.42 Å². The molecule has 1 aliphatic heterocycles. The molecule has 19 heavy (non-hydrogen) atoms. The molecule has 6 heteroatoms.